The maximum Gasteiger partial charge on any atom is 0.324 e. The zero-order valence-electron chi connectivity index (χ0n) is 24.5. The normalized spacial score (nSPS) is 12.0. The van der Waals surface area contributed by atoms with Gasteiger partial charge in [0.2, 0.25) is 11.8 Å². The maximum atomic E-state index is 13.4. The number of methoxy groups -OCH3 is 2. The summed E-state index contributed by atoms with van der Waals surface area (Å²) in [6, 6.07) is 14.6. The Balaban J connectivity index is 1.64. The van der Waals surface area contributed by atoms with E-state index in [1.165, 1.54) is 14.2 Å². The van der Waals surface area contributed by atoms with Crippen molar-refractivity contribution >= 4 is 35.3 Å². The monoisotopic (exact) mass is 591 g/mol. The van der Waals surface area contributed by atoms with E-state index >= 15 is 0 Å². The number of carboxylic acids is 1. The fourth-order valence-electron chi connectivity index (χ4n) is 4.32. The number of anilines is 2. The van der Waals surface area contributed by atoms with Gasteiger partial charge in [-0.3, -0.25) is 19.7 Å². The van der Waals surface area contributed by atoms with Gasteiger partial charge in [0.15, 0.2) is 11.5 Å². The summed E-state index contributed by atoms with van der Waals surface area (Å²) < 4.78 is 10.6. The van der Waals surface area contributed by atoms with E-state index in [9.17, 15) is 24.3 Å². The summed E-state index contributed by atoms with van der Waals surface area (Å²) in [7, 11) is 2.95. The van der Waals surface area contributed by atoms with Crippen LogP contribution < -0.4 is 30.7 Å². The van der Waals surface area contributed by atoms with Crippen molar-refractivity contribution in [3.05, 3.63) is 78.0 Å². The van der Waals surface area contributed by atoms with Crippen LogP contribution in [0.5, 0.6) is 11.5 Å². The van der Waals surface area contributed by atoms with Crippen molar-refractivity contribution in [2.24, 2.45) is 5.92 Å². The highest BCUT2D eigenvalue weighted by molar-refractivity contribution is 5.99. The molecule has 0 saturated heterocycles. The predicted octanol–water partition coefficient (Wildman–Crippen LogP) is 4.15. The molecule has 0 bridgehead atoms. The lowest BCUT2D eigenvalue weighted by atomic mass is 9.99. The summed E-state index contributed by atoms with van der Waals surface area (Å²) in [6.45, 7) is 3.84. The molecule has 0 aliphatic carbocycles. The van der Waals surface area contributed by atoms with Crippen LogP contribution in [-0.4, -0.2) is 54.2 Å². The van der Waals surface area contributed by atoms with E-state index in [1.807, 2.05) is 13.8 Å². The molecule has 0 spiro atoms. The Morgan fingerprint density at radius 3 is 2.21 bits per heavy atom. The van der Waals surface area contributed by atoms with Crippen molar-refractivity contribution in [2.75, 3.05) is 24.9 Å². The fourth-order valence-corrected chi connectivity index (χ4v) is 4.32. The number of carbonyl (C=O) groups is 4. The van der Waals surface area contributed by atoms with Crippen molar-refractivity contribution in [1.29, 1.82) is 0 Å². The largest absolute Gasteiger partial charge is 0.493 e. The lowest BCUT2D eigenvalue weighted by Crippen LogP contribution is -2.49. The first kappa shape index (κ1) is 32.4. The molecule has 43 heavy (non-hydrogen) atoms. The van der Waals surface area contributed by atoms with Gasteiger partial charge >= 0.3 is 12.0 Å². The standard InChI is InChI=1S/C31H37N5O7/c1-19(2)15-24(30(40)35-23(18-29(38)39)21-10-13-25(42-3)26(17-21)43-4)34-28(37)16-20-8-11-22(12-9-20)33-31(41)36-27-7-5-6-14-32-27/h5-14,17,19,23-24H,15-16,18H2,1-4H3,(H,34,37)(H,35,40)(H,38,39)(H2,32,33,36,41)/t23-,24-/m0/s1. The zero-order chi connectivity index (χ0) is 31.4. The highest BCUT2D eigenvalue weighted by Crippen LogP contribution is 2.31. The number of carbonyl (C=O) groups excluding carboxylic acids is 3. The summed E-state index contributed by atoms with van der Waals surface area (Å²) in [5.41, 5.74) is 1.71. The minimum atomic E-state index is -1.10. The third kappa shape index (κ3) is 10.3. The summed E-state index contributed by atoms with van der Waals surface area (Å²) in [6.07, 6.45) is 1.54. The van der Waals surface area contributed by atoms with E-state index in [4.69, 9.17) is 9.47 Å². The number of amides is 4. The minimum Gasteiger partial charge on any atom is -0.493 e. The third-order valence-corrected chi connectivity index (χ3v) is 6.35. The highest BCUT2D eigenvalue weighted by Gasteiger charge is 2.27. The van der Waals surface area contributed by atoms with Gasteiger partial charge in [0.25, 0.3) is 0 Å². The van der Waals surface area contributed by atoms with Gasteiger partial charge in [-0.25, -0.2) is 9.78 Å². The lowest BCUT2D eigenvalue weighted by molar-refractivity contribution is -0.138. The molecule has 12 nitrogen and oxygen atoms in total. The Kier molecular flexibility index (Phi) is 11.9. The Morgan fingerprint density at radius 1 is 0.884 bits per heavy atom. The summed E-state index contributed by atoms with van der Waals surface area (Å²) >= 11 is 0. The fraction of sp³-hybridized carbons (Fsp3) is 0.323. The second-order valence-electron chi connectivity index (χ2n) is 10.2. The molecule has 12 heteroatoms. The molecule has 2 atom stereocenters. The summed E-state index contributed by atoms with van der Waals surface area (Å²) in [4.78, 5) is 54.2. The first-order valence-electron chi connectivity index (χ1n) is 13.7. The second kappa shape index (κ2) is 15.8. The molecule has 5 N–H and O–H groups in total. The zero-order valence-corrected chi connectivity index (χ0v) is 24.5. The number of hydrogen-bond acceptors (Lipinski definition) is 7. The van der Waals surface area contributed by atoms with Crippen LogP contribution in [0.1, 0.15) is 43.9 Å². The van der Waals surface area contributed by atoms with Gasteiger partial charge in [0, 0.05) is 11.9 Å². The van der Waals surface area contributed by atoms with Crippen molar-refractivity contribution in [2.45, 2.75) is 45.2 Å². The number of nitrogens with one attached hydrogen (secondary N) is 4. The van der Waals surface area contributed by atoms with Gasteiger partial charge in [-0.1, -0.05) is 38.1 Å². The quantitative estimate of drug-likeness (QED) is 0.186. The van der Waals surface area contributed by atoms with Crippen LogP contribution in [0.25, 0.3) is 0 Å². The minimum absolute atomic E-state index is 0.00345. The first-order chi connectivity index (χ1) is 20.6. The average Bonchev–Trinajstić information content (AvgIpc) is 2.97. The number of aliphatic carboxylic acids is 1. The predicted molar refractivity (Wildman–Crippen MR) is 161 cm³/mol. The van der Waals surface area contributed by atoms with Crippen LogP contribution in [0.4, 0.5) is 16.3 Å². The molecular formula is C31H37N5O7. The Hall–Kier alpha value is -5.13. The van der Waals surface area contributed by atoms with E-state index in [-0.39, 0.29) is 24.7 Å². The van der Waals surface area contributed by atoms with E-state index in [0.717, 1.165) is 0 Å². The molecule has 4 amide bonds. The molecule has 0 saturated carbocycles. The molecule has 228 valence electrons. The molecule has 2 aromatic carbocycles. The number of urea groups is 1. The number of nitrogens with zero attached hydrogens (tertiary/aromatic N) is 1. The Labute approximate surface area is 250 Å². The topological polar surface area (TPSA) is 168 Å². The van der Waals surface area contributed by atoms with Crippen molar-refractivity contribution in [3.8, 4) is 11.5 Å². The van der Waals surface area contributed by atoms with Crippen LogP contribution in [-0.2, 0) is 20.8 Å². The number of rotatable bonds is 14. The molecule has 0 aliphatic heterocycles. The van der Waals surface area contributed by atoms with Gasteiger partial charge in [-0.15, -0.1) is 0 Å². The number of carboxylic acid groups (broad SMARTS) is 1. The Bertz CT molecular complexity index is 1400. The van der Waals surface area contributed by atoms with E-state index in [2.05, 4.69) is 26.3 Å². The van der Waals surface area contributed by atoms with Gasteiger partial charge in [0.05, 0.1) is 33.1 Å². The molecule has 1 heterocycles. The molecule has 3 aromatic rings. The number of ether oxygens (including phenoxy) is 2. The Morgan fingerprint density at radius 2 is 1.60 bits per heavy atom. The molecular weight excluding hydrogens is 554 g/mol. The van der Waals surface area contributed by atoms with E-state index < -0.39 is 30.0 Å². The van der Waals surface area contributed by atoms with Crippen molar-refractivity contribution in [3.63, 3.8) is 0 Å². The van der Waals surface area contributed by atoms with Gasteiger partial charge in [-0.05, 0) is 59.9 Å². The van der Waals surface area contributed by atoms with Crippen molar-refractivity contribution < 1.29 is 33.8 Å². The van der Waals surface area contributed by atoms with Crippen LogP contribution in [0, 0.1) is 5.92 Å². The van der Waals surface area contributed by atoms with Crippen LogP contribution in [0.2, 0.25) is 0 Å². The van der Waals surface area contributed by atoms with E-state index in [1.54, 1.807) is 66.9 Å². The van der Waals surface area contributed by atoms with Crippen LogP contribution in [0.3, 0.4) is 0 Å². The third-order valence-electron chi connectivity index (χ3n) is 6.35. The average molecular weight is 592 g/mol. The maximum absolute atomic E-state index is 13.4. The van der Waals surface area contributed by atoms with Crippen LogP contribution in [0.15, 0.2) is 66.9 Å². The first-order valence-corrected chi connectivity index (χ1v) is 13.7. The number of hydrogen-bond donors (Lipinski definition) is 5. The highest BCUT2D eigenvalue weighted by atomic mass is 16.5. The number of benzene rings is 2. The SMILES string of the molecule is COc1ccc([C@H](CC(=O)O)NC(=O)[C@H](CC(C)C)NC(=O)Cc2ccc(NC(=O)Nc3ccccn3)cc2)cc1OC. The summed E-state index contributed by atoms with van der Waals surface area (Å²) in [5.74, 6) is -0.641. The molecule has 0 fully saturated rings. The van der Waals surface area contributed by atoms with Crippen molar-refractivity contribution in [1.82, 2.24) is 15.6 Å². The molecule has 0 unspecified atom stereocenters. The smallest absolute Gasteiger partial charge is 0.324 e. The molecule has 1 aromatic heterocycles. The lowest BCUT2D eigenvalue weighted by Gasteiger charge is -2.24. The van der Waals surface area contributed by atoms with E-state index in [0.29, 0.717) is 40.6 Å². The molecule has 3 rings (SSSR count). The van der Waals surface area contributed by atoms with Crippen LogP contribution >= 0.6 is 0 Å². The second-order valence-corrected chi connectivity index (χ2v) is 10.2. The van der Waals surface area contributed by atoms with Gasteiger partial charge in [0.1, 0.15) is 11.9 Å². The number of aromatic nitrogens is 1. The summed E-state index contributed by atoms with van der Waals surface area (Å²) in [5, 5.41) is 20.4. The van der Waals surface area contributed by atoms with Gasteiger partial charge in [-0.2, -0.15) is 0 Å². The molecule has 0 aliphatic rings. The van der Waals surface area contributed by atoms with Gasteiger partial charge < -0.3 is 30.5 Å². The number of pyridine rings is 1. The molecule has 0 radical (unpaired) electrons.